The van der Waals surface area contributed by atoms with Crippen molar-refractivity contribution in [2.24, 2.45) is 4.99 Å². The molecule has 0 heterocycles. The standard InChI is InChI=1S/C32H47N/c1-20(2)27-14-12-15-28(21(3)4)31(27)25(10)19-18-24(9)26(11)33-32-29(22(5)6)16-13-17-30(32)23(7)8/h12-18,20-23,25H,19H2,1-11H3. The molecular weight excluding hydrogens is 398 g/mol. The van der Waals surface area contributed by atoms with Gasteiger partial charge in [-0.25, -0.2) is 0 Å². The van der Waals surface area contributed by atoms with Gasteiger partial charge in [-0.15, -0.1) is 0 Å². The first kappa shape index (κ1) is 27.1. The molecule has 0 amide bonds. The number of benzene rings is 2. The maximum atomic E-state index is 5.19. The summed E-state index contributed by atoms with van der Waals surface area (Å²) in [4.78, 5) is 5.19. The van der Waals surface area contributed by atoms with Crippen LogP contribution in [-0.2, 0) is 0 Å². The molecule has 2 rings (SSSR count). The van der Waals surface area contributed by atoms with Crippen molar-refractivity contribution in [2.75, 3.05) is 0 Å². The fourth-order valence-electron chi connectivity index (χ4n) is 4.69. The lowest BCUT2D eigenvalue weighted by Gasteiger charge is -2.24. The molecular formula is C32H47N. The van der Waals surface area contributed by atoms with Gasteiger partial charge in [0, 0.05) is 5.71 Å². The van der Waals surface area contributed by atoms with Crippen LogP contribution in [0.5, 0.6) is 0 Å². The molecule has 0 N–H and O–H groups in total. The fourth-order valence-corrected chi connectivity index (χ4v) is 4.69. The summed E-state index contributed by atoms with van der Waals surface area (Å²) in [5, 5.41) is 0. The molecule has 0 aliphatic rings. The largest absolute Gasteiger partial charge is 0.253 e. The van der Waals surface area contributed by atoms with Crippen molar-refractivity contribution in [3.05, 3.63) is 75.9 Å². The molecule has 2 aromatic rings. The van der Waals surface area contributed by atoms with Crippen LogP contribution in [0.3, 0.4) is 0 Å². The monoisotopic (exact) mass is 445 g/mol. The summed E-state index contributed by atoms with van der Waals surface area (Å²) in [7, 11) is 0. The van der Waals surface area contributed by atoms with Crippen LogP contribution in [0.15, 0.2) is 53.0 Å². The van der Waals surface area contributed by atoms with Crippen LogP contribution < -0.4 is 0 Å². The molecule has 0 saturated heterocycles. The minimum absolute atomic E-state index is 0.460. The van der Waals surface area contributed by atoms with E-state index in [9.17, 15) is 0 Å². The smallest absolute Gasteiger partial charge is 0.0702 e. The normalized spacial score (nSPS) is 14.2. The van der Waals surface area contributed by atoms with E-state index in [2.05, 4.69) is 119 Å². The van der Waals surface area contributed by atoms with Gasteiger partial charge in [-0.2, -0.15) is 0 Å². The lowest BCUT2D eigenvalue weighted by molar-refractivity contribution is 0.710. The molecule has 0 fully saturated rings. The van der Waals surface area contributed by atoms with E-state index in [0.29, 0.717) is 29.6 Å². The Morgan fingerprint density at radius 1 is 0.667 bits per heavy atom. The van der Waals surface area contributed by atoms with Gasteiger partial charge in [0.2, 0.25) is 0 Å². The first-order chi connectivity index (χ1) is 15.5. The highest BCUT2D eigenvalue weighted by Gasteiger charge is 2.18. The Labute approximate surface area is 204 Å². The molecule has 0 aliphatic carbocycles. The van der Waals surface area contributed by atoms with Gasteiger partial charge >= 0.3 is 0 Å². The van der Waals surface area contributed by atoms with Crippen molar-refractivity contribution >= 4 is 11.4 Å². The Morgan fingerprint density at radius 2 is 1.06 bits per heavy atom. The first-order valence-electron chi connectivity index (χ1n) is 12.9. The second kappa shape index (κ2) is 11.8. The average molecular weight is 446 g/mol. The number of hydrogen-bond donors (Lipinski definition) is 0. The fraction of sp³-hybridized carbons (Fsp3) is 0.531. The van der Waals surface area contributed by atoms with Crippen LogP contribution in [0, 0.1) is 0 Å². The van der Waals surface area contributed by atoms with Gasteiger partial charge in [0.25, 0.3) is 0 Å². The molecule has 180 valence electrons. The van der Waals surface area contributed by atoms with E-state index < -0.39 is 0 Å². The van der Waals surface area contributed by atoms with Crippen molar-refractivity contribution in [1.29, 1.82) is 0 Å². The third-order valence-corrected chi connectivity index (χ3v) is 6.88. The summed E-state index contributed by atoms with van der Waals surface area (Å²) in [5.41, 5.74) is 10.8. The quantitative estimate of drug-likeness (QED) is 0.340. The van der Waals surface area contributed by atoms with E-state index in [1.54, 1.807) is 5.56 Å². The molecule has 1 unspecified atom stereocenters. The van der Waals surface area contributed by atoms with Crippen LogP contribution in [0.1, 0.15) is 140 Å². The van der Waals surface area contributed by atoms with E-state index in [4.69, 9.17) is 4.99 Å². The number of nitrogens with zero attached hydrogens (tertiary/aromatic N) is 1. The predicted octanol–water partition coefficient (Wildman–Crippen LogP) is 10.4. The van der Waals surface area contributed by atoms with Crippen LogP contribution in [0.25, 0.3) is 0 Å². The highest BCUT2D eigenvalue weighted by Crippen LogP contribution is 2.37. The first-order valence-corrected chi connectivity index (χ1v) is 12.9. The van der Waals surface area contributed by atoms with E-state index in [1.807, 2.05) is 0 Å². The van der Waals surface area contributed by atoms with Gasteiger partial charge in [-0.3, -0.25) is 4.99 Å². The SMILES string of the molecule is CC(=CCC(C)c1c(C(C)C)cccc1C(C)C)C(C)=Nc1c(C(C)C)cccc1C(C)C. The molecule has 0 bridgehead atoms. The van der Waals surface area contributed by atoms with Crippen LogP contribution in [-0.4, -0.2) is 5.71 Å². The van der Waals surface area contributed by atoms with E-state index >= 15 is 0 Å². The number of para-hydroxylation sites is 1. The van der Waals surface area contributed by atoms with E-state index in [1.165, 1.54) is 33.5 Å². The molecule has 0 aromatic heterocycles. The topological polar surface area (TPSA) is 12.4 Å². The Kier molecular flexibility index (Phi) is 9.70. The summed E-state index contributed by atoms with van der Waals surface area (Å²) < 4.78 is 0. The van der Waals surface area contributed by atoms with Crippen LogP contribution >= 0.6 is 0 Å². The summed E-state index contributed by atoms with van der Waals surface area (Å²) >= 11 is 0. The second-order valence-electron chi connectivity index (χ2n) is 11.0. The number of hydrogen-bond acceptors (Lipinski definition) is 1. The number of aliphatic imine (C=N–C) groups is 1. The van der Waals surface area contributed by atoms with Crippen LogP contribution in [0.2, 0.25) is 0 Å². The lowest BCUT2D eigenvalue weighted by Crippen LogP contribution is -2.07. The predicted molar refractivity (Wildman–Crippen MR) is 149 cm³/mol. The number of allylic oxidation sites excluding steroid dienone is 2. The van der Waals surface area contributed by atoms with Crippen LogP contribution in [0.4, 0.5) is 5.69 Å². The molecule has 0 spiro atoms. The summed E-state index contributed by atoms with van der Waals surface area (Å²) in [5.74, 6) is 2.48. The summed E-state index contributed by atoms with van der Waals surface area (Å²) in [6.45, 7) is 25.1. The third kappa shape index (κ3) is 6.69. The maximum Gasteiger partial charge on any atom is 0.0702 e. The minimum atomic E-state index is 0.460. The van der Waals surface area contributed by atoms with Crippen molar-refractivity contribution in [3.8, 4) is 0 Å². The third-order valence-electron chi connectivity index (χ3n) is 6.88. The van der Waals surface area contributed by atoms with Crippen molar-refractivity contribution in [1.82, 2.24) is 0 Å². The molecule has 0 saturated carbocycles. The van der Waals surface area contributed by atoms with Gasteiger partial charge in [0.1, 0.15) is 0 Å². The zero-order valence-electron chi connectivity index (χ0n) is 23.1. The Bertz CT molecular complexity index is 933. The molecule has 1 atom stereocenters. The highest BCUT2D eigenvalue weighted by molar-refractivity contribution is 5.99. The maximum absolute atomic E-state index is 5.19. The number of rotatable bonds is 9. The average Bonchev–Trinajstić information content (AvgIpc) is 2.76. The molecule has 1 heteroatoms. The zero-order chi connectivity index (χ0) is 24.9. The van der Waals surface area contributed by atoms with Crippen molar-refractivity contribution in [2.45, 2.75) is 112 Å². The minimum Gasteiger partial charge on any atom is -0.253 e. The lowest BCUT2D eigenvalue weighted by atomic mass is 9.81. The molecule has 2 aromatic carbocycles. The Morgan fingerprint density at radius 3 is 1.45 bits per heavy atom. The summed E-state index contributed by atoms with van der Waals surface area (Å²) in [6.07, 6.45) is 3.43. The van der Waals surface area contributed by atoms with Crippen molar-refractivity contribution in [3.63, 3.8) is 0 Å². The second-order valence-corrected chi connectivity index (χ2v) is 11.0. The van der Waals surface area contributed by atoms with E-state index in [0.717, 1.165) is 12.1 Å². The molecule has 0 aliphatic heterocycles. The van der Waals surface area contributed by atoms with Crippen molar-refractivity contribution < 1.29 is 0 Å². The van der Waals surface area contributed by atoms with Gasteiger partial charge in [-0.05, 0) is 83.2 Å². The van der Waals surface area contributed by atoms with Gasteiger partial charge < -0.3 is 0 Å². The Hall–Kier alpha value is -2.15. The van der Waals surface area contributed by atoms with Gasteiger partial charge in [0.05, 0.1) is 5.69 Å². The van der Waals surface area contributed by atoms with Gasteiger partial charge in [-0.1, -0.05) is 105 Å². The molecule has 0 radical (unpaired) electrons. The summed E-state index contributed by atoms with van der Waals surface area (Å²) in [6, 6.07) is 13.5. The van der Waals surface area contributed by atoms with E-state index in [-0.39, 0.29) is 0 Å². The van der Waals surface area contributed by atoms with Gasteiger partial charge in [0.15, 0.2) is 0 Å². The zero-order valence-corrected chi connectivity index (χ0v) is 23.1. The molecule has 1 nitrogen and oxygen atoms in total. The Balaban J connectivity index is 2.40. The highest BCUT2D eigenvalue weighted by atomic mass is 14.8. The molecule has 33 heavy (non-hydrogen) atoms.